The van der Waals surface area contributed by atoms with Crippen LogP contribution in [-0.2, 0) is 6.54 Å². The lowest BCUT2D eigenvalue weighted by molar-refractivity contribution is 0.206. The number of hydrazine groups is 1. The summed E-state index contributed by atoms with van der Waals surface area (Å²) in [6, 6.07) is 5.71. The number of nitrogens with one attached hydrogen (secondary N) is 1. The Balaban J connectivity index is 2.92. The lowest BCUT2D eigenvalue weighted by Gasteiger charge is -2.19. The van der Waals surface area contributed by atoms with Crippen LogP contribution in [0.15, 0.2) is 18.2 Å². The molecule has 1 rings (SSSR count). The van der Waals surface area contributed by atoms with E-state index >= 15 is 0 Å². The SMILES string of the molecule is COc1cc(C(C)C)ccc1CN(C)C(=O)NN. The summed E-state index contributed by atoms with van der Waals surface area (Å²) < 4.78 is 5.36. The number of urea groups is 1. The van der Waals surface area contributed by atoms with Gasteiger partial charge in [0.2, 0.25) is 0 Å². The van der Waals surface area contributed by atoms with Gasteiger partial charge >= 0.3 is 6.03 Å². The Kier molecular flexibility index (Phi) is 4.97. The Morgan fingerprint density at radius 1 is 1.50 bits per heavy atom. The predicted molar refractivity (Wildman–Crippen MR) is 71.3 cm³/mol. The van der Waals surface area contributed by atoms with Crippen LogP contribution < -0.4 is 16.0 Å². The highest BCUT2D eigenvalue weighted by atomic mass is 16.5. The number of ether oxygens (including phenoxy) is 1. The summed E-state index contributed by atoms with van der Waals surface area (Å²) in [4.78, 5) is 12.8. The highest BCUT2D eigenvalue weighted by molar-refractivity contribution is 5.73. The molecule has 0 radical (unpaired) electrons. The van der Waals surface area contributed by atoms with Gasteiger partial charge in [0.05, 0.1) is 13.7 Å². The van der Waals surface area contributed by atoms with Crippen LogP contribution in [0.5, 0.6) is 5.75 Å². The van der Waals surface area contributed by atoms with Gasteiger partial charge in [0.15, 0.2) is 0 Å². The Morgan fingerprint density at radius 3 is 2.67 bits per heavy atom. The summed E-state index contributed by atoms with van der Waals surface area (Å²) in [5.74, 6) is 6.32. The fourth-order valence-electron chi connectivity index (χ4n) is 1.69. The molecule has 5 heteroatoms. The second-order valence-electron chi connectivity index (χ2n) is 4.53. The zero-order valence-electron chi connectivity index (χ0n) is 11.4. The van der Waals surface area contributed by atoms with E-state index in [4.69, 9.17) is 10.6 Å². The van der Waals surface area contributed by atoms with Gasteiger partial charge in [-0.3, -0.25) is 5.43 Å². The summed E-state index contributed by atoms with van der Waals surface area (Å²) in [5, 5.41) is 0. The summed E-state index contributed by atoms with van der Waals surface area (Å²) in [6.07, 6.45) is 0. The number of benzene rings is 1. The lowest BCUT2D eigenvalue weighted by Crippen LogP contribution is -2.40. The fourth-order valence-corrected chi connectivity index (χ4v) is 1.69. The molecule has 100 valence electrons. The molecule has 0 aliphatic heterocycles. The van der Waals surface area contributed by atoms with Crippen molar-refractivity contribution >= 4 is 6.03 Å². The lowest BCUT2D eigenvalue weighted by atomic mass is 10.0. The molecule has 3 N–H and O–H groups in total. The van der Waals surface area contributed by atoms with E-state index in [0.717, 1.165) is 11.3 Å². The van der Waals surface area contributed by atoms with Crippen molar-refractivity contribution in [1.82, 2.24) is 10.3 Å². The maximum absolute atomic E-state index is 11.3. The molecule has 5 nitrogen and oxygen atoms in total. The van der Waals surface area contributed by atoms with Gasteiger partial charge in [-0.2, -0.15) is 0 Å². The van der Waals surface area contributed by atoms with Crippen molar-refractivity contribution in [3.05, 3.63) is 29.3 Å². The molecule has 0 unspecified atom stereocenters. The maximum Gasteiger partial charge on any atom is 0.331 e. The summed E-state index contributed by atoms with van der Waals surface area (Å²) in [6.45, 7) is 4.70. The van der Waals surface area contributed by atoms with Crippen molar-refractivity contribution in [3.8, 4) is 5.75 Å². The molecule has 0 spiro atoms. The van der Waals surface area contributed by atoms with E-state index in [1.165, 1.54) is 10.5 Å². The van der Waals surface area contributed by atoms with Crippen molar-refractivity contribution in [2.45, 2.75) is 26.3 Å². The van der Waals surface area contributed by atoms with Gasteiger partial charge in [0.1, 0.15) is 5.75 Å². The van der Waals surface area contributed by atoms with Gasteiger partial charge in [0.25, 0.3) is 0 Å². The third-order valence-electron chi connectivity index (χ3n) is 2.86. The number of nitrogens with zero attached hydrogens (tertiary/aromatic N) is 1. The number of carbonyl (C=O) groups is 1. The molecule has 18 heavy (non-hydrogen) atoms. The second-order valence-corrected chi connectivity index (χ2v) is 4.53. The molecule has 0 saturated carbocycles. The minimum absolute atomic E-state index is 0.329. The fraction of sp³-hybridized carbons (Fsp3) is 0.462. The number of amides is 2. The van der Waals surface area contributed by atoms with Crippen LogP contribution in [0.4, 0.5) is 4.79 Å². The quantitative estimate of drug-likeness (QED) is 0.487. The molecule has 0 aromatic heterocycles. The zero-order valence-corrected chi connectivity index (χ0v) is 11.4. The minimum Gasteiger partial charge on any atom is -0.496 e. The summed E-state index contributed by atoms with van der Waals surface area (Å²) in [7, 11) is 3.31. The predicted octanol–water partition coefficient (Wildman–Crippen LogP) is 1.83. The van der Waals surface area contributed by atoms with E-state index < -0.39 is 0 Å². The monoisotopic (exact) mass is 251 g/mol. The van der Waals surface area contributed by atoms with Gasteiger partial charge in [-0.25, -0.2) is 10.6 Å². The molecule has 0 aliphatic rings. The first-order valence-corrected chi connectivity index (χ1v) is 5.88. The first-order chi connectivity index (χ1) is 8.49. The molecule has 0 bridgehead atoms. The van der Waals surface area contributed by atoms with Crippen molar-refractivity contribution in [2.75, 3.05) is 14.2 Å². The molecular weight excluding hydrogens is 230 g/mol. The van der Waals surface area contributed by atoms with E-state index in [-0.39, 0.29) is 6.03 Å². The topological polar surface area (TPSA) is 67.6 Å². The third kappa shape index (κ3) is 3.37. The average molecular weight is 251 g/mol. The molecular formula is C13H21N3O2. The second kappa shape index (κ2) is 6.26. The van der Waals surface area contributed by atoms with Crippen molar-refractivity contribution in [2.24, 2.45) is 5.84 Å². The van der Waals surface area contributed by atoms with Crippen molar-refractivity contribution < 1.29 is 9.53 Å². The van der Waals surface area contributed by atoms with Crippen LogP contribution in [0.3, 0.4) is 0 Å². The van der Waals surface area contributed by atoms with Crippen LogP contribution in [0.1, 0.15) is 30.9 Å². The van der Waals surface area contributed by atoms with E-state index in [0.29, 0.717) is 12.5 Å². The number of hydrogen-bond acceptors (Lipinski definition) is 3. The highest BCUT2D eigenvalue weighted by Gasteiger charge is 2.12. The molecule has 0 saturated heterocycles. The van der Waals surface area contributed by atoms with E-state index in [1.807, 2.05) is 12.1 Å². The molecule has 0 atom stereocenters. The van der Waals surface area contributed by atoms with Gasteiger partial charge in [-0.1, -0.05) is 26.0 Å². The maximum atomic E-state index is 11.3. The summed E-state index contributed by atoms with van der Waals surface area (Å²) in [5.41, 5.74) is 4.26. The highest BCUT2D eigenvalue weighted by Crippen LogP contribution is 2.25. The molecule has 0 aliphatic carbocycles. The number of methoxy groups -OCH3 is 1. The largest absolute Gasteiger partial charge is 0.496 e. The van der Waals surface area contributed by atoms with Crippen molar-refractivity contribution in [1.29, 1.82) is 0 Å². The van der Waals surface area contributed by atoms with E-state index in [9.17, 15) is 4.79 Å². The molecule has 1 aromatic carbocycles. The first kappa shape index (κ1) is 14.3. The third-order valence-corrected chi connectivity index (χ3v) is 2.86. The number of nitrogens with two attached hydrogens (primary N) is 1. The number of carbonyl (C=O) groups excluding carboxylic acids is 1. The van der Waals surface area contributed by atoms with Gasteiger partial charge < -0.3 is 9.64 Å². The van der Waals surface area contributed by atoms with Crippen LogP contribution in [-0.4, -0.2) is 25.1 Å². The van der Waals surface area contributed by atoms with E-state index in [1.54, 1.807) is 14.2 Å². The summed E-state index contributed by atoms with van der Waals surface area (Å²) >= 11 is 0. The molecule has 2 amide bonds. The molecule has 0 fully saturated rings. The first-order valence-electron chi connectivity index (χ1n) is 5.88. The standard InChI is InChI=1S/C13H21N3O2/c1-9(2)10-5-6-11(12(7-10)18-4)8-16(3)13(17)15-14/h5-7,9H,8,14H2,1-4H3,(H,15,17). The Labute approximate surface area is 108 Å². The van der Waals surface area contributed by atoms with Crippen LogP contribution in [0, 0.1) is 0 Å². The zero-order chi connectivity index (χ0) is 13.7. The van der Waals surface area contributed by atoms with Crippen LogP contribution in [0.25, 0.3) is 0 Å². The van der Waals surface area contributed by atoms with Gasteiger partial charge in [-0.15, -0.1) is 0 Å². The number of rotatable bonds is 4. The molecule has 0 heterocycles. The van der Waals surface area contributed by atoms with Gasteiger partial charge in [0, 0.05) is 12.6 Å². The van der Waals surface area contributed by atoms with E-state index in [2.05, 4.69) is 25.3 Å². The normalized spacial score (nSPS) is 10.3. The molecule has 1 aromatic rings. The van der Waals surface area contributed by atoms with Crippen LogP contribution >= 0.6 is 0 Å². The Morgan fingerprint density at radius 2 is 2.17 bits per heavy atom. The average Bonchev–Trinajstić information content (AvgIpc) is 2.37. The van der Waals surface area contributed by atoms with Crippen LogP contribution in [0.2, 0.25) is 0 Å². The minimum atomic E-state index is -0.329. The Bertz CT molecular complexity index is 419. The van der Waals surface area contributed by atoms with Crippen molar-refractivity contribution in [3.63, 3.8) is 0 Å². The smallest absolute Gasteiger partial charge is 0.331 e. The Hall–Kier alpha value is -1.75. The number of hydrogen-bond donors (Lipinski definition) is 2. The van der Waals surface area contributed by atoms with Gasteiger partial charge in [-0.05, 0) is 17.5 Å².